The van der Waals surface area contributed by atoms with E-state index in [0.29, 0.717) is 5.02 Å². The van der Waals surface area contributed by atoms with Crippen LogP contribution in [0.2, 0.25) is 5.02 Å². The van der Waals surface area contributed by atoms with Crippen molar-refractivity contribution in [2.24, 2.45) is 0 Å². The van der Waals surface area contributed by atoms with Gasteiger partial charge < -0.3 is 9.52 Å². The molecule has 0 amide bonds. The van der Waals surface area contributed by atoms with Gasteiger partial charge in [-0.15, -0.1) is 0 Å². The van der Waals surface area contributed by atoms with Gasteiger partial charge in [0, 0.05) is 24.7 Å². The van der Waals surface area contributed by atoms with E-state index in [9.17, 15) is 8.42 Å². The van der Waals surface area contributed by atoms with E-state index in [-0.39, 0.29) is 29.6 Å². The first-order valence-electron chi connectivity index (χ1n) is 6.25. The minimum absolute atomic E-state index is 0.0722. The van der Waals surface area contributed by atoms with Gasteiger partial charge in [-0.3, -0.25) is 0 Å². The molecule has 114 valence electrons. The molecule has 1 N–H and O–H groups in total. The van der Waals surface area contributed by atoms with E-state index in [2.05, 4.69) is 0 Å². The number of furan rings is 1. The van der Waals surface area contributed by atoms with Crippen LogP contribution in [-0.2, 0) is 23.2 Å². The van der Waals surface area contributed by atoms with Crippen molar-refractivity contribution in [2.75, 3.05) is 7.05 Å². The van der Waals surface area contributed by atoms with E-state index in [1.165, 1.54) is 17.4 Å². The monoisotopic (exact) mass is 329 g/mol. The number of aliphatic hydroxyl groups is 1. The lowest BCUT2D eigenvalue weighted by molar-refractivity contribution is 0.244. The number of benzene rings is 1. The van der Waals surface area contributed by atoms with Crippen molar-refractivity contribution >= 4 is 21.6 Å². The van der Waals surface area contributed by atoms with Crippen molar-refractivity contribution in [1.29, 1.82) is 0 Å². The Morgan fingerprint density at radius 1 is 1.29 bits per heavy atom. The normalized spacial score (nSPS) is 12.0. The third-order valence-electron chi connectivity index (χ3n) is 3.09. The molecule has 0 radical (unpaired) electrons. The summed E-state index contributed by atoms with van der Waals surface area (Å²) in [6.07, 6.45) is 0. The molecule has 1 aromatic carbocycles. The number of sulfonamides is 1. The zero-order valence-electron chi connectivity index (χ0n) is 11.7. The van der Waals surface area contributed by atoms with Crippen LogP contribution in [0.1, 0.15) is 17.1 Å². The van der Waals surface area contributed by atoms with Crippen molar-refractivity contribution in [3.8, 4) is 0 Å². The lowest BCUT2D eigenvalue weighted by Crippen LogP contribution is -2.26. The number of hydrogen-bond acceptors (Lipinski definition) is 4. The largest absolute Gasteiger partial charge is 0.462 e. The van der Waals surface area contributed by atoms with E-state index in [1.54, 1.807) is 31.2 Å². The second-order valence-electron chi connectivity index (χ2n) is 4.68. The summed E-state index contributed by atoms with van der Waals surface area (Å²) in [5, 5.41) is 9.63. The zero-order valence-corrected chi connectivity index (χ0v) is 13.3. The molecule has 0 saturated carbocycles. The SMILES string of the molecule is Cc1oc(CO)cc1S(=O)(=O)N(C)Cc1ccc(Cl)cc1. The van der Waals surface area contributed by atoms with Crippen LogP contribution in [0.25, 0.3) is 0 Å². The molecule has 0 saturated heterocycles. The minimum Gasteiger partial charge on any atom is -0.462 e. The summed E-state index contributed by atoms with van der Waals surface area (Å²) in [6.45, 7) is 1.44. The quantitative estimate of drug-likeness (QED) is 0.915. The summed E-state index contributed by atoms with van der Waals surface area (Å²) >= 11 is 5.81. The number of aryl methyl sites for hydroxylation is 1. The maximum absolute atomic E-state index is 12.5. The van der Waals surface area contributed by atoms with Gasteiger partial charge in [0.05, 0.1) is 0 Å². The maximum atomic E-state index is 12.5. The molecular weight excluding hydrogens is 314 g/mol. The smallest absolute Gasteiger partial charge is 0.246 e. The summed E-state index contributed by atoms with van der Waals surface area (Å²) in [6, 6.07) is 8.32. The Labute approximate surface area is 128 Å². The summed E-state index contributed by atoms with van der Waals surface area (Å²) in [5.74, 6) is 0.493. The molecule has 7 heteroatoms. The van der Waals surface area contributed by atoms with Crippen molar-refractivity contribution in [2.45, 2.75) is 25.0 Å². The lowest BCUT2D eigenvalue weighted by atomic mass is 10.2. The van der Waals surface area contributed by atoms with Crippen LogP contribution >= 0.6 is 11.6 Å². The van der Waals surface area contributed by atoms with Gasteiger partial charge in [-0.1, -0.05) is 23.7 Å². The molecule has 21 heavy (non-hydrogen) atoms. The fraction of sp³-hybridized carbons (Fsp3) is 0.286. The Bertz CT molecular complexity index is 722. The molecule has 0 aliphatic rings. The summed E-state index contributed by atoms with van der Waals surface area (Å²) in [7, 11) is -2.18. The van der Waals surface area contributed by atoms with Gasteiger partial charge in [0.1, 0.15) is 23.0 Å². The molecule has 0 aliphatic heterocycles. The molecule has 0 atom stereocenters. The number of rotatable bonds is 5. The summed E-state index contributed by atoms with van der Waals surface area (Å²) in [4.78, 5) is 0.0722. The van der Waals surface area contributed by atoms with Crippen LogP contribution in [0.4, 0.5) is 0 Å². The highest BCUT2D eigenvalue weighted by molar-refractivity contribution is 7.89. The first-order valence-corrected chi connectivity index (χ1v) is 8.07. The number of aliphatic hydroxyl groups excluding tert-OH is 1. The van der Waals surface area contributed by atoms with E-state index in [0.717, 1.165) is 5.56 Å². The fourth-order valence-corrected chi connectivity index (χ4v) is 3.42. The predicted octanol–water partition coefficient (Wildman–Crippen LogP) is 2.55. The highest BCUT2D eigenvalue weighted by Gasteiger charge is 2.26. The van der Waals surface area contributed by atoms with Gasteiger partial charge in [-0.25, -0.2) is 8.42 Å². The van der Waals surface area contributed by atoms with Crippen LogP contribution in [0.15, 0.2) is 39.6 Å². The van der Waals surface area contributed by atoms with Gasteiger partial charge in [-0.05, 0) is 24.6 Å². The molecule has 2 aromatic rings. The molecule has 1 aromatic heterocycles. The van der Waals surface area contributed by atoms with E-state index in [1.807, 2.05) is 0 Å². The Balaban J connectivity index is 2.25. The number of nitrogens with zero attached hydrogens (tertiary/aromatic N) is 1. The third kappa shape index (κ3) is 3.47. The van der Waals surface area contributed by atoms with Crippen molar-refractivity contribution in [3.63, 3.8) is 0 Å². The Kier molecular flexibility index (Phi) is 4.73. The van der Waals surface area contributed by atoms with Crippen LogP contribution in [0, 0.1) is 6.92 Å². The highest BCUT2D eigenvalue weighted by Crippen LogP contribution is 2.24. The number of hydrogen-bond donors (Lipinski definition) is 1. The average Bonchev–Trinajstić information content (AvgIpc) is 2.83. The Hall–Kier alpha value is -1.34. The molecule has 0 unspecified atom stereocenters. The van der Waals surface area contributed by atoms with Gasteiger partial charge in [-0.2, -0.15) is 4.31 Å². The molecule has 1 heterocycles. The third-order valence-corrected chi connectivity index (χ3v) is 5.25. The van der Waals surface area contributed by atoms with Gasteiger partial charge in [0.25, 0.3) is 0 Å². The Morgan fingerprint density at radius 2 is 1.90 bits per heavy atom. The summed E-state index contributed by atoms with van der Waals surface area (Å²) in [5.41, 5.74) is 0.828. The molecular formula is C14H16ClNO4S. The van der Waals surface area contributed by atoms with Crippen LogP contribution in [0.3, 0.4) is 0 Å². The van der Waals surface area contributed by atoms with E-state index < -0.39 is 10.0 Å². The van der Waals surface area contributed by atoms with Gasteiger partial charge >= 0.3 is 0 Å². The standard InChI is InChI=1S/C14H16ClNO4S/c1-10-14(7-13(9-17)20-10)21(18,19)16(2)8-11-3-5-12(15)6-4-11/h3-7,17H,8-9H2,1-2H3. The fourth-order valence-electron chi connectivity index (χ4n) is 1.96. The van der Waals surface area contributed by atoms with E-state index in [4.69, 9.17) is 21.1 Å². The van der Waals surface area contributed by atoms with Gasteiger partial charge in [0.2, 0.25) is 10.0 Å². The average molecular weight is 330 g/mol. The predicted molar refractivity (Wildman–Crippen MR) is 79.5 cm³/mol. The number of halogens is 1. The lowest BCUT2D eigenvalue weighted by Gasteiger charge is -2.16. The van der Waals surface area contributed by atoms with Crippen molar-refractivity contribution < 1.29 is 17.9 Å². The second kappa shape index (κ2) is 6.19. The van der Waals surface area contributed by atoms with Gasteiger partial charge in [0.15, 0.2) is 0 Å². The van der Waals surface area contributed by atoms with Crippen LogP contribution in [0.5, 0.6) is 0 Å². The Morgan fingerprint density at radius 3 is 2.43 bits per heavy atom. The molecule has 0 aliphatic carbocycles. The summed E-state index contributed by atoms with van der Waals surface area (Å²) < 4.78 is 31.4. The highest BCUT2D eigenvalue weighted by atomic mass is 35.5. The molecule has 0 spiro atoms. The van der Waals surface area contributed by atoms with Crippen molar-refractivity contribution in [3.05, 3.63) is 52.4 Å². The first-order chi connectivity index (χ1) is 9.84. The minimum atomic E-state index is -3.67. The second-order valence-corrected chi connectivity index (χ2v) is 7.13. The first kappa shape index (κ1) is 16.0. The molecule has 0 fully saturated rings. The van der Waals surface area contributed by atoms with E-state index >= 15 is 0 Å². The maximum Gasteiger partial charge on any atom is 0.246 e. The zero-order chi connectivity index (χ0) is 15.6. The molecule has 0 bridgehead atoms. The van der Waals surface area contributed by atoms with Crippen LogP contribution < -0.4 is 0 Å². The topological polar surface area (TPSA) is 70.8 Å². The van der Waals surface area contributed by atoms with Crippen molar-refractivity contribution in [1.82, 2.24) is 4.31 Å². The van der Waals surface area contributed by atoms with Crippen LogP contribution in [-0.4, -0.2) is 24.9 Å². The molecule has 2 rings (SSSR count). The molecule has 5 nitrogen and oxygen atoms in total.